The van der Waals surface area contributed by atoms with E-state index in [1.807, 2.05) is 48.5 Å². The van der Waals surface area contributed by atoms with Crippen LogP contribution in [0.4, 0.5) is 11.4 Å². The number of halogens is 1. The number of hydrazine groups is 1. The van der Waals surface area contributed by atoms with Crippen LogP contribution < -0.4 is 26.2 Å². The van der Waals surface area contributed by atoms with E-state index in [9.17, 15) is 4.79 Å². The highest BCUT2D eigenvalue weighted by Gasteiger charge is 2.03. The summed E-state index contributed by atoms with van der Waals surface area (Å²) in [6.45, 7) is 0.110. The Morgan fingerprint density at radius 1 is 1.12 bits per heavy atom. The van der Waals surface area contributed by atoms with Gasteiger partial charge in [-0.25, -0.2) is 0 Å². The predicted octanol–water partition coefficient (Wildman–Crippen LogP) is 2.89. The number of rotatable bonds is 5. The van der Waals surface area contributed by atoms with Crippen molar-refractivity contribution in [1.29, 1.82) is 0 Å². The maximum atomic E-state index is 11.8. The molecule has 0 fully saturated rings. The van der Waals surface area contributed by atoms with Gasteiger partial charge < -0.3 is 15.4 Å². The minimum absolute atomic E-state index is 0.110. The summed E-state index contributed by atoms with van der Waals surface area (Å²) in [6.07, 6.45) is 0. The molecule has 0 saturated heterocycles. The molecule has 0 unspecified atom stereocenters. The topological polar surface area (TPSA) is 74.4 Å². The highest BCUT2D eigenvalue weighted by Crippen LogP contribution is 2.15. The van der Waals surface area contributed by atoms with Crippen molar-refractivity contribution in [3.8, 4) is 5.75 Å². The summed E-state index contributed by atoms with van der Waals surface area (Å²) in [5.74, 6) is 0.514. The van der Waals surface area contributed by atoms with Gasteiger partial charge in [-0.3, -0.25) is 15.6 Å². The monoisotopic (exact) mass is 408 g/mol. The number of thiocarbonyl (C=S) groups is 1. The molecule has 2 aromatic rings. The third kappa shape index (κ3) is 6.05. The highest BCUT2D eigenvalue weighted by atomic mass is 79.9. The Bertz CT molecular complexity index is 709. The number of hydrogen-bond acceptors (Lipinski definition) is 4. The molecule has 0 radical (unpaired) electrons. The van der Waals surface area contributed by atoms with Crippen LogP contribution >= 0.6 is 28.1 Å². The van der Waals surface area contributed by atoms with Gasteiger partial charge >= 0.3 is 0 Å². The molecule has 0 spiro atoms. The van der Waals surface area contributed by atoms with Crippen molar-refractivity contribution >= 4 is 50.5 Å². The first kappa shape index (κ1) is 18.0. The van der Waals surface area contributed by atoms with E-state index in [1.165, 1.54) is 0 Å². The van der Waals surface area contributed by atoms with Crippen LogP contribution in [0.15, 0.2) is 53.0 Å². The van der Waals surface area contributed by atoms with Crippen LogP contribution in [-0.2, 0) is 4.79 Å². The number of nitrogens with one attached hydrogen (secondary N) is 4. The highest BCUT2D eigenvalue weighted by molar-refractivity contribution is 9.10. The first-order valence-electron chi connectivity index (χ1n) is 7.06. The normalized spacial score (nSPS) is 9.75. The van der Waals surface area contributed by atoms with Crippen molar-refractivity contribution in [2.75, 3.05) is 24.3 Å². The van der Waals surface area contributed by atoms with Crippen molar-refractivity contribution in [2.24, 2.45) is 0 Å². The number of anilines is 2. The Morgan fingerprint density at radius 3 is 2.54 bits per heavy atom. The molecular formula is C16H17BrN4O2S. The molecule has 0 aliphatic rings. The largest absolute Gasteiger partial charge is 0.497 e. The molecule has 0 saturated carbocycles. The second-order valence-corrected chi connectivity index (χ2v) is 6.04. The molecule has 8 heteroatoms. The van der Waals surface area contributed by atoms with Gasteiger partial charge in [0.05, 0.1) is 13.7 Å². The molecule has 126 valence electrons. The van der Waals surface area contributed by atoms with Crippen LogP contribution in [0, 0.1) is 0 Å². The zero-order valence-corrected chi connectivity index (χ0v) is 15.3. The fourth-order valence-corrected chi connectivity index (χ4v) is 2.36. The third-order valence-corrected chi connectivity index (χ3v) is 3.64. The Morgan fingerprint density at radius 2 is 1.88 bits per heavy atom. The lowest BCUT2D eigenvalue weighted by Gasteiger charge is -2.12. The van der Waals surface area contributed by atoms with Gasteiger partial charge in [-0.1, -0.05) is 22.0 Å². The van der Waals surface area contributed by atoms with Gasteiger partial charge in [-0.2, -0.15) is 0 Å². The van der Waals surface area contributed by atoms with Gasteiger partial charge in [-0.05, 0) is 54.7 Å². The van der Waals surface area contributed by atoms with Crippen LogP contribution in [0.25, 0.3) is 0 Å². The van der Waals surface area contributed by atoms with Crippen LogP contribution in [0.3, 0.4) is 0 Å². The second-order valence-electron chi connectivity index (χ2n) is 4.72. The Kier molecular flexibility index (Phi) is 6.83. The molecule has 0 aromatic heterocycles. The quantitative estimate of drug-likeness (QED) is 0.450. The molecule has 4 N–H and O–H groups in total. The molecule has 0 atom stereocenters. The van der Waals surface area contributed by atoms with Crippen LogP contribution in [0.1, 0.15) is 0 Å². The second kappa shape index (κ2) is 9.09. The summed E-state index contributed by atoms with van der Waals surface area (Å²) >= 11 is 8.49. The maximum Gasteiger partial charge on any atom is 0.257 e. The number of carbonyl (C=O) groups excluding carboxylic acids is 1. The van der Waals surface area contributed by atoms with Gasteiger partial charge in [0.25, 0.3) is 5.91 Å². The molecular weight excluding hydrogens is 392 g/mol. The van der Waals surface area contributed by atoms with Gasteiger partial charge in [0, 0.05) is 15.8 Å². The fourth-order valence-electron chi connectivity index (χ4n) is 1.79. The summed E-state index contributed by atoms with van der Waals surface area (Å²) in [6, 6.07) is 14.8. The number of ether oxygens (including phenoxy) is 1. The molecule has 0 aliphatic heterocycles. The zero-order valence-electron chi connectivity index (χ0n) is 12.9. The standard InChI is InChI=1S/C16H17BrN4O2S/c1-23-14-7-5-12(6-8-14)18-10-15(22)20-21-16(24)19-13-4-2-3-11(17)9-13/h2-9,18H,10H2,1H3,(H,20,22)(H2,19,21,24). The number of amides is 1. The molecule has 6 nitrogen and oxygen atoms in total. The minimum atomic E-state index is -0.246. The van der Waals surface area contributed by atoms with Crippen molar-refractivity contribution in [3.05, 3.63) is 53.0 Å². The summed E-state index contributed by atoms with van der Waals surface area (Å²) in [4.78, 5) is 11.8. The smallest absolute Gasteiger partial charge is 0.257 e. The van der Waals surface area contributed by atoms with Crippen LogP contribution in [0.2, 0.25) is 0 Å². The van der Waals surface area contributed by atoms with Crippen LogP contribution in [-0.4, -0.2) is 24.7 Å². The minimum Gasteiger partial charge on any atom is -0.497 e. The van der Waals surface area contributed by atoms with Crippen molar-refractivity contribution in [2.45, 2.75) is 0 Å². The summed E-state index contributed by atoms with van der Waals surface area (Å²) in [7, 11) is 1.60. The van der Waals surface area contributed by atoms with Crippen molar-refractivity contribution in [3.63, 3.8) is 0 Å². The van der Waals surface area contributed by atoms with E-state index in [1.54, 1.807) is 7.11 Å². The van der Waals surface area contributed by atoms with Gasteiger partial charge in [0.2, 0.25) is 0 Å². The molecule has 2 aromatic carbocycles. The SMILES string of the molecule is COc1ccc(NCC(=O)NNC(=S)Nc2cccc(Br)c2)cc1. The third-order valence-electron chi connectivity index (χ3n) is 2.94. The van der Waals surface area contributed by atoms with Crippen LogP contribution in [0.5, 0.6) is 5.75 Å². The lowest BCUT2D eigenvalue weighted by molar-refractivity contribution is -0.119. The number of carbonyl (C=O) groups is 1. The molecule has 0 heterocycles. The zero-order chi connectivity index (χ0) is 17.4. The van der Waals surface area contributed by atoms with E-state index in [0.717, 1.165) is 21.6 Å². The van der Waals surface area contributed by atoms with E-state index in [2.05, 4.69) is 37.4 Å². The fraction of sp³-hybridized carbons (Fsp3) is 0.125. The number of hydrogen-bond donors (Lipinski definition) is 4. The van der Waals surface area contributed by atoms with E-state index >= 15 is 0 Å². The van der Waals surface area contributed by atoms with Gasteiger partial charge in [-0.15, -0.1) is 0 Å². The maximum absolute atomic E-state index is 11.8. The summed E-state index contributed by atoms with van der Waals surface area (Å²) in [5.41, 5.74) is 6.80. The van der Waals surface area contributed by atoms with E-state index in [4.69, 9.17) is 17.0 Å². The average molecular weight is 409 g/mol. The summed E-state index contributed by atoms with van der Waals surface area (Å²) < 4.78 is 6.01. The molecule has 0 aliphatic carbocycles. The first-order chi connectivity index (χ1) is 11.6. The Labute approximate surface area is 154 Å². The van der Waals surface area contributed by atoms with E-state index in [-0.39, 0.29) is 12.5 Å². The van der Waals surface area contributed by atoms with E-state index in [0.29, 0.717) is 5.11 Å². The van der Waals surface area contributed by atoms with E-state index < -0.39 is 0 Å². The Hall–Kier alpha value is -2.32. The Balaban J connectivity index is 1.71. The number of benzene rings is 2. The first-order valence-corrected chi connectivity index (χ1v) is 8.26. The number of methoxy groups -OCH3 is 1. The lowest BCUT2D eigenvalue weighted by Crippen LogP contribution is -2.45. The molecule has 1 amide bonds. The van der Waals surface area contributed by atoms with Crippen molar-refractivity contribution in [1.82, 2.24) is 10.9 Å². The van der Waals surface area contributed by atoms with Gasteiger partial charge in [0.15, 0.2) is 5.11 Å². The molecule has 2 rings (SSSR count). The van der Waals surface area contributed by atoms with Gasteiger partial charge in [0.1, 0.15) is 5.75 Å². The molecule has 24 heavy (non-hydrogen) atoms. The predicted molar refractivity (Wildman–Crippen MR) is 103 cm³/mol. The average Bonchev–Trinajstić information content (AvgIpc) is 2.58. The van der Waals surface area contributed by atoms with Crippen molar-refractivity contribution < 1.29 is 9.53 Å². The molecule has 0 bridgehead atoms. The summed E-state index contributed by atoms with van der Waals surface area (Å²) in [5, 5.41) is 6.26. The lowest BCUT2D eigenvalue weighted by atomic mass is 10.3.